The summed E-state index contributed by atoms with van der Waals surface area (Å²) in [5.41, 5.74) is 1.29. The number of ether oxygens (including phenoxy) is 2. The zero-order valence-electron chi connectivity index (χ0n) is 23.9. The molecule has 0 heterocycles. The largest absolute Gasteiger partial charge is 0.468 e. The van der Waals surface area contributed by atoms with Crippen molar-refractivity contribution in [1.82, 2.24) is 0 Å². The van der Waals surface area contributed by atoms with Gasteiger partial charge >= 0.3 is 11.9 Å². The van der Waals surface area contributed by atoms with E-state index in [1.54, 1.807) is 0 Å². The Hall–Kier alpha value is -1.69. The fourth-order valence-corrected chi connectivity index (χ4v) is 8.09. The molecular weight excluding hydrogens is 456 g/mol. The summed E-state index contributed by atoms with van der Waals surface area (Å²) in [6.45, 7) is 12.7. The minimum Gasteiger partial charge on any atom is -0.468 e. The van der Waals surface area contributed by atoms with Crippen LogP contribution in [0.3, 0.4) is 0 Å². The molecule has 4 rings (SSSR count). The molecule has 0 bridgehead atoms. The van der Waals surface area contributed by atoms with Crippen molar-refractivity contribution in [2.24, 2.45) is 40.4 Å². The van der Waals surface area contributed by atoms with Gasteiger partial charge in [0.2, 0.25) is 0 Å². The molecule has 7 atom stereocenters. The zero-order valence-corrected chi connectivity index (χ0v) is 23.9. The summed E-state index contributed by atoms with van der Waals surface area (Å²) in [7, 11) is 2.61. The molecule has 0 aromatic carbocycles. The summed E-state index contributed by atoms with van der Waals surface area (Å²) in [4.78, 5) is 36.3. The molecule has 3 saturated carbocycles. The Morgan fingerprint density at radius 1 is 1.00 bits per heavy atom. The van der Waals surface area contributed by atoms with Crippen LogP contribution in [0.5, 0.6) is 0 Å². The highest BCUT2D eigenvalue weighted by Gasteiger charge is 2.61. The first kappa shape index (κ1) is 30.5. The second-order valence-corrected chi connectivity index (χ2v) is 11.1. The van der Waals surface area contributed by atoms with Gasteiger partial charge in [-0.25, -0.2) is 0 Å². The number of aliphatic hydroxyl groups is 1. The van der Waals surface area contributed by atoms with Crippen molar-refractivity contribution in [2.75, 3.05) is 14.2 Å². The first-order valence-corrected chi connectivity index (χ1v) is 14.2. The zero-order chi connectivity index (χ0) is 27.3. The molecular formula is C30H50O6. The van der Waals surface area contributed by atoms with Crippen LogP contribution in [0, 0.1) is 40.4 Å². The molecule has 6 nitrogen and oxygen atoms in total. The number of esters is 2. The lowest BCUT2D eigenvalue weighted by Crippen LogP contribution is -2.55. The number of rotatable bonds is 5. The van der Waals surface area contributed by atoms with E-state index >= 15 is 0 Å². The molecule has 3 fully saturated rings. The topological polar surface area (TPSA) is 89.9 Å². The Kier molecular flexibility index (Phi) is 10.8. The number of fused-ring (bicyclic) bond motifs is 5. The van der Waals surface area contributed by atoms with E-state index in [-0.39, 0.29) is 22.5 Å². The van der Waals surface area contributed by atoms with Crippen LogP contribution in [0.2, 0.25) is 0 Å². The third kappa shape index (κ3) is 5.44. The molecule has 0 aromatic heterocycles. The van der Waals surface area contributed by atoms with Crippen molar-refractivity contribution in [3.63, 3.8) is 0 Å². The number of carbonyl (C=O) groups is 3. The maximum absolute atomic E-state index is 12.1. The second-order valence-electron chi connectivity index (χ2n) is 11.1. The van der Waals surface area contributed by atoms with Gasteiger partial charge in [0.15, 0.2) is 11.7 Å². The predicted molar refractivity (Wildman–Crippen MR) is 141 cm³/mol. The van der Waals surface area contributed by atoms with Crippen LogP contribution in [0.1, 0.15) is 99.3 Å². The number of aliphatic hydroxyl groups excluding tert-OH is 1. The van der Waals surface area contributed by atoms with Gasteiger partial charge in [-0.05, 0) is 91.9 Å². The number of hydrogen-bond acceptors (Lipinski definition) is 6. The van der Waals surface area contributed by atoms with Gasteiger partial charge in [-0.2, -0.15) is 0 Å². The van der Waals surface area contributed by atoms with Gasteiger partial charge in [0.05, 0.1) is 20.3 Å². The molecule has 0 saturated heterocycles. The van der Waals surface area contributed by atoms with Crippen molar-refractivity contribution in [3.05, 3.63) is 11.6 Å². The molecule has 0 amide bonds. The van der Waals surface area contributed by atoms with Gasteiger partial charge in [-0.1, -0.05) is 47.1 Å². The molecule has 0 radical (unpaired) electrons. The van der Waals surface area contributed by atoms with E-state index in [0.717, 1.165) is 38.5 Å². The monoisotopic (exact) mass is 506 g/mol. The number of methoxy groups -OCH3 is 2. The Morgan fingerprint density at radius 3 is 2.19 bits per heavy atom. The average molecular weight is 507 g/mol. The van der Waals surface area contributed by atoms with Crippen molar-refractivity contribution in [2.45, 2.75) is 105 Å². The highest BCUT2D eigenvalue weighted by Crippen LogP contribution is 2.67. The second kappa shape index (κ2) is 12.7. The van der Waals surface area contributed by atoms with Crippen LogP contribution in [-0.2, 0) is 23.9 Å². The van der Waals surface area contributed by atoms with Crippen LogP contribution in [0.4, 0.5) is 0 Å². The Labute approximate surface area is 218 Å². The summed E-state index contributed by atoms with van der Waals surface area (Å²) in [5, 5.41) is 11.2. The lowest BCUT2D eigenvalue weighted by molar-refractivity contribution is -0.159. The molecule has 7 unspecified atom stereocenters. The van der Waals surface area contributed by atoms with Crippen LogP contribution in [0.25, 0.3) is 0 Å². The maximum atomic E-state index is 12.1. The maximum Gasteiger partial charge on any atom is 0.320 e. The van der Waals surface area contributed by atoms with Gasteiger partial charge in [-0.15, -0.1) is 0 Å². The average Bonchev–Trinajstić information content (AvgIpc) is 3.23. The van der Waals surface area contributed by atoms with E-state index in [9.17, 15) is 19.5 Å². The molecule has 0 aliphatic heterocycles. The van der Waals surface area contributed by atoms with E-state index in [1.807, 2.05) is 33.8 Å². The Morgan fingerprint density at radius 2 is 1.61 bits per heavy atom. The SMILES string of the molecule is CC.CC.COC(=O)C(CCC1CCC2C3C(O)CC4=CC(=O)CCC4(C)C3CCC12C)C(=O)OC. The molecule has 1 N–H and O–H groups in total. The van der Waals surface area contributed by atoms with Gasteiger partial charge in [0, 0.05) is 6.42 Å². The van der Waals surface area contributed by atoms with E-state index in [1.165, 1.54) is 19.8 Å². The molecule has 6 heteroatoms. The first-order chi connectivity index (χ1) is 17.2. The predicted octanol–water partition coefficient (Wildman–Crippen LogP) is 5.90. The number of ketones is 1. The molecule has 4 aliphatic carbocycles. The van der Waals surface area contributed by atoms with Gasteiger partial charge in [-0.3, -0.25) is 14.4 Å². The minimum absolute atomic E-state index is 0.0259. The van der Waals surface area contributed by atoms with E-state index < -0.39 is 24.0 Å². The minimum atomic E-state index is -0.865. The van der Waals surface area contributed by atoms with Crippen molar-refractivity contribution in [3.8, 4) is 0 Å². The molecule has 0 aromatic rings. The fraction of sp³-hybridized carbons (Fsp3) is 0.833. The summed E-state index contributed by atoms with van der Waals surface area (Å²) >= 11 is 0. The van der Waals surface area contributed by atoms with Crippen LogP contribution in [-0.4, -0.2) is 43.2 Å². The van der Waals surface area contributed by atoms with Gasteiger partial charge in [0.25, 0.3) is 0 Å². The first-order valence-electron chi connectivity index (χ1n) is 14.2. The molecule has 0 spiro atoms. The van der Waals surface area contributed by atoms with Crippen LogP contribution >= 0.6 is 0 Å². The smallest absolute Gasteiger partial charge is 0.320 e. The number of hydrogen-bond donors (Lipinski definition) is 1. The molecule has 4 aliphatic rings. The highest BCUT2D eigenvalue weighted by molar-refractivity contribution is 5.94. The lowest BCUT2D eigenvalue weighted by Gasteiger charge is -2.59. The van der Waals surface area contributed by atoms with Crippen LogP contribution < -0.4 is 0 Å². The Bertz CT molecular complexity index is 802. The number of carbonyl (C=O) groups excluding carboxylic acids is 3. The fourth-order valence-electron chi connectivity index (χ4n) is 8.09. The standard InChI is InChI=1S/C26H38O6.2C2H6/c1-25-12-10-20-22(21(28)14-16-13-17(27)9-11-26(16,20)2)19(25)8-6-15(25)5-7-18(23(29)31-3)24(30)32-4;2*1-2/h13,15,18-22,28H,5-12,14H2,1-4H3;2*1-2H3. The van der Waals surface area contributed by atoms with Crippen molar-refractivity contribution in [1.29, 1.82) is 0 Å². The quantitative estimate of drug-likeness (QED) is 0.369. The van der Waals surface area contributed by atoms with E-state index in [4.69, 9.17) is 9.47 Å². The normalized spacial score (nSPS) is 36.6. The van der Waals surface area contributed by atoms with E-state index in [0.29, 0.717) is 37.0 Å². The Balaban J connectivity index is 0.00000109. The van der Waals surface area contributed by atoms with Gasteiger partial charge in [0.1, 0.15) is 0 Å². The third-order valence-corrected chi connectivity index (χ3v) is 9.96. The van der Waals surface area contributed by atoms with Crippen molar-refractivity contribution >= 4 is 17.7 Å². The van der Waals surface area contributed by atoms with Gasteiger partial charge < -0.3 is 14.6 Å². The highest BCUT2D eigenvalue weighted by atomic mass is 16.5. The van der Waals surface area contributed by atoms with E-state index in [2.05, 4.69) is 13.8 Å². The lowest BCUT2D eigenvalue weighted by atomic mass is 9.46. The molecule has 206 valence electrons. The summed E-state index contributed by atoms with van der Waals surface area (Å²) in [6.07, 6.45) is 9.08. The van der Waals surface area contributed by atoms with Crippen LogP contribution in [0.15, 0.2) is 11.6 Å². The summed E-state index contributed by atoms with van der Waals surface area (Å²) in [6, 6.07) is 0. The van der Waals surface area contributed by atoms with Crippen molar-refractivity contribution < 1.29 is 29.0 Å². The third-order valence-electron chi connectivity index (χ3n) is 9.96. The molecule has 36 heavy (non-hydrogen) atoms. The summed E-state index contributed by atoms with van der Waals surface area (Å²) in [5.74, 6) is -0.191. The summed E-state index contributed by atoms with van der Waals surface area (Å²) < 4.78 is 9.67.